The molecule has 2 N–H and O–H groups in total. The van der Waals surface area contributed by atoms with E-state index in [1.54, 1.807) is 4.57 Å². The second-order valence-corrected chi connectivity index (χ2v) is 4.93. The lowest BCUT2D eigenvalue weighted by Crippen LogP contribution is -2.23. The van der Waals surface area contributed by atoms with Gasteiger partial charge in [0.05, 0.1) is 0 Å². The van der Waals surface area contributed by atoms with Gasteiger partial charge in [-0.05, 0) is 18.8 Å². The van der Waals surface area contributed by atoms with Gasteiger partial charge in [0.15, 0.2) is 11.8 Å². The number of nitrogens with one attached hydrogen (secondary N) is 2. The Morgan fingerprint density at radius 1 is 1.22 bits per heavy atom. The highest BCUT2D eigenvalue weighted by Crippen LogP contribution is 2.25. The van der Waals surface area contributed by atoms with E-state index < -0.39 is 11.2 Å². The normalized spacial score (nSPS) is 17.3. The van der Waals surface area contributed by atoms with Gasteiger partial charge in [-0.3, -0.25) is 14.8 Å². The van der Waals surface area contributed by atoms with Crippen molar-refractivity contribution in [1.82, 2.24) is 19.5 Å². The first-order valence-corrected chi connectivity index (χ1v) is 6.34. The quantitative estimate of drug-likeness (QED) is 0.823. The summed E-state index contributed by atoms with van der Waals surface area (Å²) >= 11 is 0. The summed E-state index contributed by atoms with van der Waals surface area (Å²) in [4.78, 5) is 31.6. The summed E-state index contributed by atoms with van der Waals surface area (Å²) < 4.78 is 1.77. The van der Waals surface area contributed by atoms with Gasteiger partial charge in [-0.1, -0.05) is 19.3 Å². The number of aromatic amines is 2. The number of nitrogens with zero attached hydrogens (tertiary/aromatic N) is 2. The lowest BCUT2D eigenvalue weighted by atomic mass is 9.89. The number of aromatic nitrogens is 4. The Hall–Kier alpha value is -1.85. The number of rotatable bonds is 2. The number of fused-ring (bicyclic) bond motifs is 1. The third-order valence-corrected chi connectivity index (χ3v) is 3.62. The minimum atomic E-state index is -0.494. The Bertz CT molecular complexity index is 661. The van der Waals surface area contributed by atoms with E-state index in [-0.39, 0.29) is 5.52 Å². The first-order valence-electron chi connectivity index (χ1n) is 6.34. The summed E-state index contributed by atoms with van der Waals surface area (Å²) in [6.45, 7) is 0.774. The molecule has 0 atom stereocenters. The number of H-pyrrole nitrogens is 2. The molecular weight excluding hydrogens is 232 g/mol. The molecule has 0 unspecified atom stereocenters. The van der Waals surface area contributed by atoms with Gasteiger partial charge in [0.25, 0.3) is 5.56 Å². The standard InChI is InChI=1S/C12H15N4O2/c17-11-9-10(14-12(18)15-11)16(7-13-9)6-8-4-2-1-3-5-8/h8H,1-6H2,(H2,14,15,17,18). The van der Waals surface area contributed by atoms with Crippen molar-refractivity contribution in [3.8, 4) is 0 Å². The highest BCUT2D eigenvalue weighted by molar-refractivity contribution is 5.68. The van der Waals surface area contributed by atoms with Crippen LogP contribution < -0.4 is 11.2 Å². The molecule has 0 bridgehead atoms. The highest BCUT2D eigenvalue weighted by Gasteiger charge is 2.16. The molecule has 2 aromatic heterocycles. The van der Waals surface area contributed by atoms with Gasteiger partial charge in [-0.25, -0.2) is 9.78 Å². The Morgan fingerprint density at radius 3 is 2.78 bits per heavy atom. The highest BCUT2D eigenvalue weighted by atomic mass is 16.2. The molecule has 1 aliphatic rings. The minimum absolute atomic E-state index is 0.255. The lowest BCUT2D eigenvalue weighted by molar-refractivity contribution is 0.321. The van der Waals surface area contributed by atoms with Crippen LogP contribution in [0.1, 0.15) is 32.1 Å². The first-order chi connectivity index (χ1) is 8.74. The molecule has 2 heterocycles. The minimum Gasteiger partial charge on any atom is -0.307 e. The van der Waals surface area contributed by atoms with Crippen LogP contribution in [0, 0.1) is 12.2 Å². The Labute approximate surface area is 103 Å². The van der Waals surface area contributed by atoms with Crippen molar-refractivity contribution in [2.24, 2.45) is 5.92 Å². The molecule has 18 heavy (non-hydrogen) atoms. The fourth-order valence-electron chi connectivity index (χ4n) is 2.69. The maximum Gasteiger partial charge on any atom is 0.327 e. The maximum atomic E-state index is 11.5. The zero-order chi connectivity index (χ0) is 12.5. The van der Waals surface area contributed by atoms with Crippen molar-refractivity contribution in [2.75, 3.05) is 0 Å². The van der Waals surface area contributed by atoms with Crippen molar-refractivity contribution >= 4 is 11.2 Å². The van der Waals surface area contributed by atoms with Crippen LogP contribution in [-0.4, -0.2) is 19.5 Å². The van der Waals surface area contributed by atoms with Gasteiger partial charge >= 0.3 is 5.69 Å². The predicted octanol–water partition coefficient (Wildman–Crippen LogP) is 0.793. The van der Waals surface area contributed by atoms with Crippen LogP contribution in [0.4, 0.5) is 0 Å². The topological polar surface area (TPSA) is 83.5 Å². The maximum absolute atomic E-state index is 11.5. The van der Waals surface area contributed by atoms with E-state index in [9.17, 15) is 9.59 Å². The number of hydrogen-bond donors (Lipinski definition) is 2. The smallest absolute Gasteiger partial charge is 0.307 e. The Kier molecular flexibility index (Phi) is 2.77. The average Bonchev–Trinajstić information content (AvgIpc) is 2.74. The molecule has 3 rings (SSSR count). The third kappa shape index (κ3) is 1.98. The zero-order valence-corrected chi connectivity index (χ0v) is 10.0. The Morgan fingerprint density at radius 2 is 2.00 bits per heavy atom. The molecule has 2 aromatic rings. The van der Waals surface area contributed by atoms with Crippen LogP contribution in [0.15, 0.2) is 9.59 Å². The summed E-state index contributed by atoms with van der Waals surface area (Å²) in [7, 11) is 0. The van der Waals surface area contributed by atoms with Crippen LogP contribution in [-0.2, 0) is 6.54 Å². The van der Waals surface area contributed by atoms with E-state index in [0.29, 0.717) is 11.6 Å². The van der Waals surface area contributed by atoms with Crippen LogP contribution in [0.25, 0.3) is 11.2 Å². The molecule has 6 nitrogen and oxygen atoms in total. The summed E-state index contributed by atoms with van der Waals surface area (Å²) in [6.07, 6.45) is 9.02. The molecule has 1 radical (unpaired) electrons. The monoisotopic (exact) mass is 247 g/mol. The van der Waals surface area contributed by atoms with E-state index >= 15 is 0 Å². The summed E-state index contributed by atoms with van der Waals surface area (Å²) in [5.41, 5.74) is -0.210. The van der Waals surface area contributed by atoms with E-state index in [4.69, 9.17) is 0 Å². The van der Waals surface area contributed by atoms with E-state index in [0.717, 1.165) is 6.54 Å². The van der Waals surface area contributed by atoms with Crippen molar-refractivity contribution in [3.05, 3.63) is 27.2 Å². The van der Waals surface area contributed by atoms with Crippen LogP contribution in [0.2, 0.25) is 0 Å². The summed E-state index contributed by atoms with van der Waals surface area (Å²) in [6, 6.07) is 0. The van der Waals surface area contributed by atoms with Crippen LogP contribution in [0.5, 0.6) is 0 Å². The van der Waals surface area contributed by atoms with Crippen molar-refractivity contribution < 1.29 is 0 Å². The van der Waals surface area contributed by atoms with Crippen LogP contribution >= 0.6 is 0 Å². The van der Waals surface area contributed by atoms with Crippen molar-refractivity contribution in [1.29, 1.82) is 0 Å². The lowest BCUT2D eigenvalue weighted by Gasteiger charge is -2.21. The molecule has 1 aliphatic carbocycles. The molecule has 95 valence electrons. The van der Waals surface area contributed by atoms with Gasteiger partial charge in [-0.15, -0.1) is 0 Å². The predicted molar refractivity (Wildman–Crippen MR) is 66.4 cm³/mol. The van der Waals surface area contributed by atoms with Gasteiger partial charge in [0, 0.05) is 6.54 Å². The fraction of sp³-hybridized carbons (Fsp3) is 0.583. The number of imidazole rings is 1. The van der Waals surface area contributed by atoms with E-state index in [2.05, 4.69) is 21.3 Å². The van der Waals surface area contributed by atoms with Gasteiger partial charge in [0.2, 0.25) is 0 Å². The molecule has 0 saturated heterocycles. The Balaban J connectivity index is 1.97. The number of hydrogen-bond acceptors (Lipinski definition) is 3. The molecular formula is C12H15N4O2. The molecule has 1 saturated carbocycles. The summed E-state index contributed by atoms with van der Waals surface area (Å²) in [5, 5.41) is 0. The van der Waals surface area contributed by atoms with E-state index in [1.807, 2.05) is 0 Å². The summed E-state index contributed by atoms with van der Waals surface area (Å²) in [5.74, 6) is 0.593. The second-order valence-electron chi connectivity index (χ2n) is 4.93. The first kappa shape index (κ1) is 11.3. The SMILES string of the molecule is O=c1[nH]c(=O)c2n[c]n(CC3CCCCC3)c2[nH]1. The van der Waals surface area contributed by atoms with Gasteiger partial charge < -0.3 is 4.57 Å². The second kappa shape index (κ2) is 4.44. The molecule has 0 spiro atoms. The van der Waals surface area contributed by atoms with Gasteiger partial charge in [-0.2, -0.15) is 0 Å². The van der Waals surface area contributed by atoms with Crippen LogP contribution in [0.3, 0.4) is 0 Å². The fourth-order valence-corrected chi connectivity index (χ4v) is 2.69. The molecule has 0 aromatic carbocycles. The van der Waals surface area contributed by atoms with Crippen molar-refractivity contribution in [2.45, 2.75) is 38.6 Å². The molecule has 1 fully saturated rings. The van der Waals surface area contributed by atoms with Gasteiger partial charge in [0.1, 0.15) is 5.65 Å². The average molecular weight is 247 g/mol. The third-order valence-electron chi connectivity index (χ3n) is 3.62. The molecule has 0 aliphatic heterocycles. The molecule has 6 heteroatoms. The van der Waals surface area contributed by atoms with Crippen molar-refractivity contribution in [3.63, 3.8) is 0 Å². The van der Waals surface area contributed by atoms with E-state index in [1.165, 1.54) is 32.1 Å². The zero-order valence-electron chi connectivity index (χ0n) is 10.0. The largest absolute Gasteiger partial charge is 0.327 e. The molecule has 0 amide bonds.